The fourth-order valence-corrected chi connectivity index (χ4v) is 0.963. The van der Waals surface area contributed by atoms with Gasteiger partial charge in [-0.2, -0.15) is 8.78 Å². The molecule has 0 saturated carbocycles. The van der Waals surface area contributed by atoms with Crippen LogP contribution in [0.15, 0.2) is 29.3 Å². The number of halogens is 2. The molecule has 0 aliphatic carbocycles. The van der Waals surface area contributed by atoms with E-state index in [-0.39, 0.29) is 12.3 Å². The van der Waals surface area contributed by atoms with Crippen molar-refractivity contribution in [2.24, 2.45) is 4.99 Å². The van der Waals surface area contributed by atoms with E-state index >= 15 is 0 Å². The molecule has 0 radical (unpaired) electrons. The Morgan fingerprint density at radius 2 is 2.14 bits per heavy atom. The lowest BCUT2D eigenvalue weighted by Crippen LogP contribution is -2.03. The zero-order valence-electron chi connectivity index (χ0n) is 7.11. The molecule has 0 saturated heterocycles. The maximum absolute atomic E-state index is 11.9. The summed E-state index contributed by atoms with van der Waals surface area (Å²) in [6.07, 6.45) is 1.33. The van der Waals surface area contributed by atoms with Crippen LogP contribution in [0, 0.1) is 0 Å². The third-order valence-electron chi connectivity index (χ3n) is 1.50. The fourth-order valence-electron chi connectivity index (χ4n) is 0.963. The summed E-state index contributed by atoms with van der Waals surface area (Å²) in [5, 5.41) is 0. The van der Waals surface area contributed by atoms with Crippen LogP contribution >= 0.6 is 0 Å². The normalized spacial score (nSPS) is 9.64. The zero-order valence-corrected chi connectivity index (χ0v) is 7.11. The highest BCUT2D eigenvalue weighted by molar-refractivity contribution is 5.37. The molecule has 1 rings (SSSR count). The largest absolute Gasteiger partial charge is 0.434 e. The average Bonchev–Trinajstić information content (AvgIpc) is 2.16. The van der Waals surface area contributed by atoms with Crippen molar-refractivity contribution in [2.45, 2.75) is 13.2 Å². The standard InChI is InChI=1S/C9H7F2NO2/c10-9(11)14-8-4-2-1-3-7(8)5-12-6-13/h1-4,9H,5H2. The maximum atomic E-state index is 11.9. The van der Waals surface area contributed by atoms with Gasteiger partial charge in [-0.25, -0.2) is 9.79 Å². The molecule has 0 aliphatic heterocycles. The lowest BCUT2D eigenvalue weighted by Gasteiger charge is -2.07. The van der Waals surface area contributed by atoms with Gasteiger partial charge in [-0.3, -0.25) is 0 Å². The minimum absolute atomic E-state index is 0.00755. The van der Waals surface area contributed by atoms with Gasteiger partial charge in [0, 0.05) is 5.56 Å². The van der Waals surface area contributed by atoms with Gasteiger partial charge in [-0.05, 0) is 6.07 Å². The van der Waals surface area contributed by atoms with E-state index in [0.29, 0.717) is 5.56 Å². The van der Waals surface area contributed by atoms with E-state index in [4.69, 9.17) is 0 Å². The van der Waals surface area contributed by atoms with Gasteiger partial charge in [0.05, 0.1) is 6.54 Å². The molecule has 0 atom stereocenters. The molecule has 0 aliphatic rings. The molecular weight excluding hydrogens is 192 g/mol. The summed E-state index contributed by atoms with van der Waals surface area (Å²) in [4.78, 5) is 13.1. The summed E-state index contributed by atoms with van der Waals surface area (Å²) in [7, 11) is 0. The summed E-state index contributed by atoms with van der Waals surface area (Å²) in [5.74, 6) is 0.0292. The summed E-state index contributed by atoms with van der Waals surface area (Å²) in [5.41, 5.74) is 0.427. The van der Waals surface area contributed by atoms with Gasteiger partial charge in [-0.1, -0.05) is 18.2 Å². The first kappa shape index (κ1) is 10.3. The Bertz CT molecular complexity index is 348. The summed E-state index contributed by atoms with van der Waals surface area (Å²) < 4.78 is 28.0. The minimum atomic E-state index is -2.88. The van der Waals surface area contributed by atoms with Gasteiger partial charge in [0.15, 0.2) is 0 Å². The molecule has 1 aromatic rings. The smallest absolute Gasteiger partial charge is 0.387 e. The first-order valence-corrected chi connectivity index (χ1v) is 3.80. The number of hydrogen-bond donors (Lipinski definition) is 0. The van der Waals surface area contributed by atoms with Crippen molar-refractivity contribution in [3.63, 3.8) is 0 Å². The molecular formula is C9H7F2NO2. The van der Waals surface area contributed by atoms with Gasteiger partial charge in [0.1, 0.15) is 5.75 Å². The summed E-state index contributed by atoms with van der Waals surface area (Å²) in [6.45, 7) is -2.89. The predicted octanol–water partition coefficient (Wildman–Crippen LogP) is 2.12. The number of hydrogen-bond acceptors (Lipinski definition) is 3. The van der Waals surface area contributed by atoms with Crippen molar-refractivity contribution in [1.82, 2.24) is 0 Å². The second-order valence-electron chi connectivity index (χ2n) is 2.39. The molecule has 0 amide bonds. The van der Waals surface area contributed by atoms with E-state index < -0.39 is 6.61 Å². The number of alkyl halides is 2. The van der Waals surface area contributed by atoms with E-state index in [0.717, 1.165) is 0 Å². The van der Waals surface area contributed by atoms with Crippen LogP contribution in [-0.2, 0) is 11.3 Å². The summed E-state index contributed by atoms with van der Waals surface area (Å²) in [6, 6.07) is 6.15. The van der Waals surface area contributed by atoms with Gasteiger partial charge in [0.25, 0.3) is 0 Å². The SMILES string of the molecule is O=C=NCc1ccccc1OC(F)F. The first-order valence-electron chi connectivity index (χ1n) is 3.80. The fraction of sp³-hybridized carbons (Fsp3) is 0.222. The zero-order chi connectivity index (χ0) is 10.4. The molecule has 0 aromatic heterocycles. The molecule has 0 fully saturated rings. The topological polar surface area (TPSA) is 38.7 Å². The quantitative estimate of drug-likeness (QED) is 0.550. The van der Waals surface area contributed by atoms with Crippen molar-refractivity contribution < 1.29 is 18.3 Å². The molecule has 0 spiro atoms. The molecule has 3 nitrogen and oxygen atoms in total. The van der Waals surface area contributed by atoms with Crippen LogP contribution in [0.2, 0.25) is 0 Å². The monoisotopic (exact) mass is 199 g/mol. The molecule has 74 valence electrons. The van der Waals surface area contributed by atoms with Crippen molar-refractivity contribution in [3.05, 3.63) is 29.8 Å². The molecule has 1 aromatic carbocycles. The minimum Gasteiger partial charge on any atom is -0.434 e. The maximum Gasteiger partial charge on any atom is 0.387 e. The van der Waals surface area contributed by atoms with Crippen molar-refractivity contribution in [1.29, 1.82) is 0 Å². The number of rotatable bonds is 4. The molecule has 0 bridgehead atoms. The van der Waals surface area contributed by atoms with E-state index in [2.05, 4.69) is 9.73 Å². The first-order chi connectivity index (χ1) is 6.74. The third-order valence-corrected chi connectivity index (χ3v) is 1.50. The molecule has 5 heteroatoms. The van der Waals surface area contributed by atoms with Crippen LogP contribution in [0.4, 0.5) is 8.78 Å². The molecule has 14 heavy (non-hydrogen) atoms. The lowest BCUT2D eigenvalue weighted by molar-refractivity contribution is -0.0504. The van der Waals surface area contributed by atoms with Gasteiger partial charge >= 0.3 is 6.61 Å². The van der Waals surface area contributed by atoms with Gasteiger partial charge in [-0.15, -0.1) is 0 Å². The number of nitrogens with zero attached hydrogens (tertiary/aromatic N) is 1. The van der Waals surface area contributed by atoms with Crippen molar-refractivity contribution in [3.8, 4) is 5.75 Å². The van der Waals surface area contributed by atoms with Crippen LogP contribution in [0.25, 0.3) is 0 Å². The second-order valence-corrected chi connectivity index (χ2v) is 2.39. The summed E-state index contributed by atoms with van der Waals surface area (Å²) >= 11 is 0. The van der Waals surface area contributed by atoms with E-state index in [1.54, 1.807) is 18.2 Å². The van der Waals surface area contributed by atoms with Crippen molar-refractivity contribution in [2.75, 3.05) is 0 Å². The Morgan fingerprint density at radius 1 is 1.43 bits per heavy atom. The average molecular weight is 199 g/mol. The van der Waals surface area contributed by atoms with Crippen molar-refractivity contribution >= 4 is 6.08 Å². The highest BCUT2D eigenvalue weighted by atomic mass is 19.3. The van der Waals surface area contributed by atoms with Crippen LogP contribution in [0.1, 0.15) is 5.56 Å². The lowest BCUT2D eigenvalue weighted by atomic mass is 10.2. The number of isocyanates is 1. The van der Waals surface area contributed by atoms with Crippen LogP contribution in [0.3, 0.4) is 0 Å². The van der Waals surface area contributed by atoms with E-state index in [9.17, 15) is 13.6 Å². The van der Waals surface area contributed by atoms with Gasteiger partial charge < -0.3 is 4.74 Å². The highest BCUT2D eigenvalue weighted by Gasteiger charge is 2.07. The Balaban J connectivity index is 2.84. The van der Waals surface area contributed by atoms with E-state index in [1.807, 2.05) is 0 Å². The van der Waals surface area contributed by atoms with E-state index in [1.165, 1.54) is 12.1 Å². The number of aliphatic imine (C=N–C) groups is 1. The molecule has 0 heterocycles. The van der Waals surface area contributed by atoms with Crippen LogP contribution in [-0.4, -0.2) is 12.7 Å². The van der Waals surface area contributed by atoms with Crippen LogP contribution < -0.4 is 4.74 Å². The Hall–Kier alpha value is -1.74. The Kier molecular flexibility index (Phi) is 3.76. The third kappa shape index (κ3) is 2.95. The highest BCUT2D eigenvalue weighted by Crippen LogP contribution is 2.20. The Labute approximate surface area is 79.0 Å². The predicted molar refractivity (Wildman–Crippen MR) is 44.9 cm³/mol. The number of carbonyl (C=O) groups excluding carboxylic acids is 1. The van der Waals surface area contributed by atoms with Gasteiger partial charge in [0.2, 0.25) is 6.08 Å². The molecule has 0 N–H and O–H groups in total. The Morgan fingerprint density at radius 3 is 2.79 bits per heavy atom. The second kappa shape index (κ2) is 5.09. The number of benzene rings is 1. The van der Waals surface area contributed by atoms with Crippen LogP contribution in [0.5, 0.6) is 5.75 Å². The molecule has 0 unspecified atom stereocenters. The number of ether oxygens (including phenoxy) is 1. The number of para-hydroxylation sites is 1.